The molecular formula is C14H14BrClN2O3. The van der Waals surface area contributed by atoms with Gasteiger partial charge in [0.2, 0.25) is 0 Å². The Balaban J connectivity index is 2.29. The van der Waals surface area contributed by atoms with Gasteiger partial charge in [-0.1, -0.05) is 24.6 Å². The van der Waals surface area contributed by atoms with Crippen molar-refractivity contribution in [1.29, 1.82) is 0 Å². The van der Waals surface area contributed by atoms with Gasteiger partial charge in [0, 0.05) is 7.05 Å². The van der Waals surface area contributed by atoms with Crippen LogP contribution in [0.2, 0.25) is 5.02 Å². The summed E-state index contributed by atoms with van der Waals surface area (Å²) in [6.07, 6.45) is 0.793. The van der Waals surface area contributed by atoms with Crippen LogP contribution < -0.4 is 4.74 Å². The van der Waals surface area contributed by atoms with Gasteiger partial charge in [0.05, 0.1) is 20.9 Å². The number of hydrogen-bond donors (Lipinski definition) is 1. The number of hydrogen-bond acceptors (Lipinski definition) is 3. The summed E-state index contributed by atoms with van der Waals surface area (Å²) < 4.78 is 8.21. The van der Waals surface area contributed by atoms with Crippen LogP contribution in [0.5, 0.6) is 5.75 Å². The molecule has 1 aromatic heterocycles. The van der Waals surface area contributed by atoms with E-state index in [1.807, 2.05) is 14.0 Å². The molecular weight excluding hydrogens is 360 g/mol. The van der Waals surface area contributed by atoms with Gasteiger partial charge >= 0.3 is 5.97 Å². The molecule has 1 N–H and O–H groups in total. The number of aryl methyl sites for hydroxylation is 2. The molecule has 2 rings (SSSR count). The average molecular weight is 374 g/mol. The van der Waals surface area contributed by atoms with Gasteiger partial charge in [-0.25, -0.2) is 4.79 Å². The number of carboxylic acid groups (broad SMARTS) is 1. The van der Waals surface area contributed by atoms with Crippen LogP contribution in [0.4, 0.5) is 0 Å². The third-order valence-electron chi connectivity index (χ3n) is 3.05. The summed E-state index contributed by atoms with van der Waals surface area (Å²) in [6, 6.07) is 4.63. The Morgan fingerprint density at radius 2 is 2.24 bits per heavy atom. The topological polar surface area (TPSA) is 64.4 Å². The molecule has 0 saturated heterocycles. The number of carboxylic acids is 1. The van der Waals surface area contributed by atoms with E-state index < -0.39 is 5.97 Å². The van der Waals surface area contributed by atoms with E-state index in [9.17, 15) is 9.90 Å². The van der Waals surface area contributed by atoms with Gasteiger partial charge in [-0.2, -0.15) is 5.10 Å². The molecule has 1 aromatic carbocycles. The monoisotopic (exact) mass is 372 g/mol. The molecule has 0 radical (unpaired) electrons. The summed E-state index contributed by atoms with van der Waals surface area (Å²) in [7, 11) is 1.81. The molecule has 1 heterocycles. The van der Waals surface area contributed by atoms with Crippen molar-refractivity contribution < 1.29 is 14.6 Å². The first-order chi connectivity index (χ1) is 9.95. The lowest BCUT2D eigenvalue weighted by atomic mass is 10.2. The fraction of sp³-hybridized carbons (Fsp3) is 0.286. The maximum absolute atomic E-state index is 11.2. The number of aromatic carboxylic acids is 1. The van der Waals surface area contributed by atoms with Crippen LogP contribution in [0.15, 0.2) is 22.7 Å². The molecule has 0 atom stereocenters. The zero-order valence-electron chi connectivity index (χ0n) is 11.6. The first-order valence-electron chi connectivity index (χ1n) is 6.30. The predicted molar refractivity (Wildman–Crippen MR) is 83.0 cm³/mol. The minimum Gasteiger partial charge on any atom is -0.485 e. The molecule has 0 bridgehead atoms. The smallest absolute Gasteiger partial charge is 0.339 e. The first-order valence-corrected chi connectivity index (χ1v) is 7.47. The van der Waals surface area contributed by atoms with Crippen molar-refractivity contribution >= 4 is 33.5 Å². The molecule has 0 fully saturated rings. The lowest BCUT2D eigenvalue weighted by Gasteiger charge is -2.11. The molecule has 2 aromatic rings. The molecule has 0 spiro atoms. The van der Waals surface area contributed by atoms with Crippen LogP contribution in [0.1, 0.15) is 28.7 Å². The number of nitrogens with zero attached hydrogens (tertiary/aromatic N) is 2. The number of aromatic nitrogens is 2. The van der Waals surface area contributed by atoms with E-state index in [4.69, 9.17) is 16.3 Å². The summed E-state index contributed by atoms with van der Waals surface area (Å²) >= 11 is 9.52. The lowest BCUT2D eigenvalue weighted by molar-refractivity contribution is 0.0691. The lowest BCUT2D eigenvalue weighted by Crippen LogP contribution is -2.07. The van der Waals surface area contributed by atoms with Crippen molar-refractivity contribution in [2.45, 2.75) is 20.0 Å². The van der Waals surface area contributed by atoms with E-state index in [2.05, 4.69) is 21.0 Å². The van der Waals surface area contributed by atoms with Crippen LogP contribution in [-0.2, 0) is 20.1 Å². The zero-order valence-corrected chi connectivity index (χ0v) is 13.9. The summed E-state index contributed by atoms with van der Waals surface area (Å²) in [4.78, 5) is 11.2. The highest BCUT2D eigenvalue weighted by Gasteiger charge is 2.17. The van der Waals surface area contributed by atoms with E-state index in [0.717, 1.165) is 22.3 Å². The second-order valence-corrected chi connectivity index (χ2v) is 5.60. The van der Waals surface area contributed by atoms with E-state index >= 15 is 0 Å². The Morgan fingerprint density at radius 3 is 2.81 bits per heavy atom. The number of carbonyl (C=O) groups is 1. The summed E-state index contributed by atoms with van der Waals surface area (Å²) in [5.74, 6) is -0.913. The second-order valence-electron chi connectivity index (χ2n) is 4.39. The van der Waals surface area contributed by atoms with Gasteiger partial charge < -0.3 is 9.84 Å². The van der Waals surface area contributed by atoms with Crippen molar-refractivity contribution in [3.8, 4) is 5.75 Å². The van der Waals surface area contributed by atoms with Gasteiger partial charge in [-0.15, -0.1) is 0 Å². The molecule has 0 amide bonds. The highest BCUT2D eigenvalue weighted by Crippen LogP contribution is 2.30. The van der Waals surface area contributed by atoms with Crippen molar-refractivity contribution in [3.63, 3.8) is 0 Å². The Hall–Kier alpha value is -1.53. The number of benzene rings is 1. The van der Waals surface area contributed by atoms with Crippen LogP contribution in [0.25, 0.3) is 0 Å². The minimum atomic E-state index is -1.08. The molecule has 0 aliphatic rings. The molecule has 0 saturated carbocycles. The Kier molecular flexibility index (Phi) is 4.90. The number of rotatable bonds is 5. The van der Waals surface area contributed by atoms with Crippen LogP contribution in [-0.4, -0.2) is 20.9 Å². The van der Waals surface area contributed by atoms with Gasteiger partial charge in [0.15, 0.2) is 5.75 Å². The molecule has 21 heavy (non-hydrogen) atoms. The summed E-state index contributed by atoms with van der Waals surface area (Å²) in [6.45, 7) is 2.18. The van der Waals surface area contributed by atoms with E-state index in [-0.39, 0.29) is 22.9 Å². The largest absolute Gasteiger partial charge is 0.485 e. The highest BCUT2D eigenvalue weighted by molar-refractivity contribution is 9.10. The molecule has 0 unspecified atom stereocenters. The molecule has 5 nitrogen and oxygen atoms in total. The number of ether oxygens (including phenoxy) is 1. The summed E-state index contributed by atoms with van der Waals surface area (Å²) in [5, 5.41) is 13.8. The highest BCUT2D eigenvalue weighted by atomic mass is 79.9. The molecule has 0 aliphatic heterocycles. The Morgan fingerprint density at radius 1 is 1.52 bits per heavy atom. The van der Waals surface area contributed by atoms with Gasteiger partial charge in [-0.3, -0.25) is 4.68 Å². The average Bonchev–Trinajstić information content (AvgIpc) is 2.72. The van der Waals surface area contributed by atoms with Crippen molar-refractivity contribution in [2.75, 3.05) is 0 Å². The zero-order chi connectivity index (χ0) is 15.6. The van der Waals surface area contributed by atoms with Gasteiger partial charge in [0.1, 0.15) is 12.2 Å². The van der Waals surface area contributed by atoms with Crippen molar-refractivity contribution in [3.05, 3.63) is 44.6 Å². The third kappa shape index (κ3) is 3.22. The quantitative estimate of drug-likeness (QED) is 0.868. The van der Waals surface area contributed by atoms with E-state index in [1.165, 1.54) is 6.07 Å². The van der Waals surface area contributed by atoms with Crippen molar-refractivity contribution in [1.82, 2.24) is 9.78 Å². The normalized spacial score (nSPS) is 10.7. The number of para-hydroxylation sites is 1. The predicted octanol–water partition coefficient (Wildman–Crippen LogP) is 3.68. The Bertz CT molecular complexity index is 685. The summed E-state index contributed by atoms with van der Waals surface area (Å²) in [5.41, 5.74) is 1.79. The fourth-order valence-corrected chi connectivity index (χ4v) is 2.90. The molecule has 112 valence electrons. The van der Waals surface area contributed by atoms with Gasteiger partial charge in [-0.05, 0) is 34.5 Å². The minimum absolute atomic E-state index is 0.0384. The molecule has 7 heteroatoms. The fourth-order valence-electron chi connectivity index (χ4n) is 1.94. The van der Waals surface area contributed by atoms with Crippen LogP contribution in [0, 0.1) is 0 Å². The number of halogens is 2. The maximum Gasteiger partial charge on any atom is 0.339 e. The van der Waals surface area contributed by atoms with E-state index in [1.54, 1.807) is 16.8 Å². The van der Waals surface area contributed by atoms with Gasteiger partial charge in [0.25, 0.3) is 0 Å². The SMILES string of the molecule is CCc1nn(C)c(COc2c(Cl)cccc2C(=O)O)c1Br. The maximum atomic E-state index is 11.2. The van der Waals surface area contributed by atoms with E-state index in [0.29, 0.717) is 0 Å². The Labute approximate surface area is 135 Å². The van der Waals surface area contributed by atoms with Crippen LogP contribution in [0.3, 0.4) is 0 Å². The standard InChI is InChI=1S/C14H14BrClN2O3/c1-3-10-12(15)11(18(2)17-10)7-21-13-8(14(19)20)5-4-6-9(13)16/h4-6H,3,7H2,1-2H3,(H,19,20). The molecule has 0 aliphatic carbocycles. The van der Waals surface area contributed by atoms with Crippen molar-refractivity contribution in [2.24, 2.45) is 7.05 Å². The second kappa shape index (κ2) is 6.49. The third-order valence-corrected chi connectivity index (χ3v) is 4.27. The first kappa shape index (κ1) is 15.9. The van der Waals surface area contributed by atoms with Crippen LogP contribution >= 0.6 is 27.5 Å².